The number of carbonyl (C=O) groups excluding carboxylic acids is 1. The Labute approximate surface area is 154 Å². The van der Waals surface area contributed by atoms with Crippen LogP contribution in [0.4, 0.5) is 13.2 Å². The summed E-state index contributed by atoms with van der Waals surface area (Å²) in [4.78, 5) is 12.2. The second-order valence-electron chi connectivity index (χ2n) is 6.16. The molecule has 2 aromatic heterocycles. The van der Waals surface area contributed by atoms with E-state index in [1.807, 2.05) is 24.6 Å². The SMILES string of the molecule is Cc1cc(C)n(CCCNC(=O)C(C)n2nc(C(F)(F)F)c(Cl)c2C)n1. The minimum absolute atomic E-state index is 0.101. The van der Waals surface area contributed by atoms with Crippen LogP contribution in [0.1, 0.15) is 42.2 Å². The van der Waals surface area contributed by atoms with Crippen LogP contribution in [-0.2, 0) is 17.5 Å². The van der Waals surface area contributed by atoms with Crippen molar-refractivity contribution >= 4 is 17.5 Å². The summed E-state index contributed by atoms with van der Waals surface area (Å²) in [5.74, 6) is -0.422. The predicted molar refractivity (Wildman–Crippen MR) is 91.0 cm³/mol. The summed E-state index contributed by atoms with van der Waals surface area (Å²) in [5.41, 5.74) is 0.875. The van der Waals surface area contributed by atoms with Crippen LogP contribution in [0.15, 0.2) is 6.07 Å². The molecule has 10 heteroatoms. The first-order chi connectivity index (χ1) is 12.0. The Balaban J connectivity index is 1.94. The Morgan fingerprint density at radius 3 is 2.46 bits per heavy atom. The van der Waals surface area contributed by atoms with Crippen LogP contribution in [0.25, 0.3) is 0 Å². The largest absolute Gasteiger partial charge is 0.436 e. The molecule has 0 aromatic carbocycles. The van der Waals surface area contributed by atoms with Gasteiger partial charge < -0.3 is 5.32 Å². The summed E-state index contributed by atoms with van der Waals surface area (Å²) in [6.07, 6.45) is -4.02. The maximum atomic E-state index is 12.9. The van der Waals surface area contributed by atoms with Crippen molar-refractivity contribution in [3.8, 4) is 0 Å². The summed E-state index contributed by atoms with van der Waals surface area (Å²) < 4.78 is 41.5. The van der Waals surface area contributed by atoms with E-state index >= 15 is 0 Å². The molecule has 144 valence electrons. The molecule has 0 saturated heterocycles. The molecule has 1 atom stereocenters. The molecule has 2 aromatic rings. The molecule has 2 rings (SSSR count). The first-order valence-corrected chi connectivity index (χ1v) is 8.50. The minimum atomic E-state index is -4.66. The van der Waals surface area contributed by atoms with Crippen LogP contribution in [-0.4, -0.2) is 32.0 Å². The Morgan fingerprint density at radius 1 is 1.31 bits per heavy atom. The van der Waals surface area contributed by atoms with Crippen LogP contribution in [0.2, 0.25) is 5.02 Å². The number of carbonyl (C=O) groups is 1. The Kier molecular flexibility index (Phi) is 6.00. The van der Waals surface area contributed by atoms with E-state index in [9.17, 15) is 18.0 Å². The topological polar surface area (TPSA) is 64.7 Å². The van der Waals surface area contributed by atoms with Gasteiger partial charge in [-0.15, -0.1) is 0 Å². The zero-order valence-corrected chi connectivity index (χ0v) is 15.7. The summed E-state index contributed by atoms with van der Waals surface area (Å²) in [5, 5.41) is 10.0. The van der Waals surface area contributed by atoms with Crippen LogP contribution in [0.5, 0.6) is 0 Å². The van der Waals surface area contributed by atoms with E-state index < -0.39 is 28.8 Å². The fourth-order valence-corrected chi connectivity index (χ4v) is 2.89. The highest BCUT2D eigenvalue weighted by molar-refractivity contribution is 6.32. The molecule has 0 aliphatic carbocycles. The van der Waals surface area contributed by atoms with Crippen molar-refractivity contribution in [2.75, 3.05) is 6.54 Å². The monoisotopic (exact) mass is 391 g/mol. The van der Waals surface area contributed by atoms with Crippen LogP contribution >= 0.6 is 11.6 Å². The van der Waals surface area contributed by atoms with Crippen molar-refractivity contribution < 1.29 is 18.0 Å². The van der Waals surface area contributed by atoms with Gasteiger partial charge in [0, 0.05) is 18.8 Å². The molecular weight excluding hydrogens is 371 g/mol. The highest BCUT2D eigenvalue weighted by Crippen LogP contribution is 2.36. The van der Waals surface area contributed by atoms with E-state index in [1.165, 1.54) is 13.8 Å². The number of halogens is 4. The van der Waals surface area contributed by atoms with Crippen molar-refractivity contribution in [1.82, 2.24) is 24.9 Å². The van der Waals surface area contributed by atoms with Crippen LogP contribution in [0.3, 0.4) is 0 Å². The molecule has 1 amide bonds. The van der Waals surface area contributed by atoms with Gasteiger partial charge in [-0.3, -0.25) is 14.2 Å². The fraction of sp³-hybridized carbons (Fsp3) is 0.562. The molecule has 6 nitrogen and oxygen atoms in total. The number of nitrogens with zero attached hydrogens (tertiary/aromatic N) is 4. The lowest BCUT2D eigenvalue weighted by atomic mass is 10.3. The van der Waals surface area contributed by atoms with Crippen LogP contribution in [0, 0.1) is 20.8 Å². The maximum Gasteiger partial charge on any atom is 0.436 e. The lowest BCUT2D eigenvalue weighted by molar-refractivity contribution is -0.141. The van der Waals surface area contributed by atoms with Gasteiger partial charge in [-0.05, 0) is 40.2 Å². The molecular formula is C16H21ClF3N5O. The zero-order valence-electron chi connectivity index (χ0n) is 15.0. The van der Waals surface area contributed by atoms with Gasteiger partial charge in [0.05, 0.1) is 16.4 Å². The molecule has 0 bridgehead atoms. The number of hydrogen-bond acceptors (Lipinski definition) is 3. The highest BCUT2D eigenvalue weighted by Gasteiger charge is 2.39. The van der Waals surface area contributed by atoms with Crippen molar-refractivity contribution in [2.45, 2.75) is 52.9 Å². The number of aryl methyl sites for hydroxylation is 3. The molecule has 26 heavy (non-hydrogen) atoms. The van der Waals surface area contributed by atoms with Crippen molar-refractivity contribution in [1.29, 1.82) is 0 Å². The molecule has 1 N–H and O–H groups in total. The summed E-state index contributed by atoms with van der Waals surface area (Å²) in [7, 11) is 0. The molecule has 0 radical (unpaired) electrons. The fourth-order valence-electron chi connectivity index (χ4n) is 2.66. The van der Waals surface area contributed by atoms with Crippen LogP contribution < -0.4 is 5.32 Å². The average molecular weight is 392 g/mol. The van der Waals surface area contributed by atoms with E-state index in [0.717, 1.165) is 16.1 Å². The third-order valence-corrected chi connectivity index (χ3v) is 4.49. The summed E-state index contributed by atoms with van der Waals surface area (Å²) in [6.45, 7) is 7.74. The summed E-state index contributed by atoms with van der Waals surface area (Å²) in [6, 6.07) is 1.06. The smallest absolute Gasteiger partial charge is 0.354 e. The van der Waals surface area contributed by atoms with E-state index in [0.29, 0.717) is 19.5 Å². The molecule has 0 aliphatic rings. The number of hydrogen-bond donors (Lipinski definition) is 1. The lowest BCUT2D eigenvalue weighted by Gasteiger charge is -2.14. The van der Waals surface area contributed by atoms with E-state index in [1.54, 1.807) is 0 Å². The molecule has 0 fully saturated rings. The summed E-state index contributed by atoms with van der Waals surface area (Å²) >= 11 is 5.71. The first-order valence-electron chi connectivity index (χ1n) is 8.13. The Morgan fingerprint density at radius 2 is 1.96 bits per heavy atom. The van der Waals surface area contributed by atoms with Gasteiger partial charge >= 0.3 is 6.18 Å². The molecule has 0 aliphatic heterocycles. The normalized spacial score (nSPS) is 13.1. The molecule has 1 unspecified atom stereocenters. The second-order valence-corrected chi connectivity index (χ2v) is 6.54. The van der Waals surface area contributed by atoms with Crippen molar-refractivity contribution in [2.24, 2.45) is 0 Å². The zero-order chi connectivity index (χ0) is 19.6. The molecule has 2 heterocycles. The van der Waals surface area contributed by atoms with E-state index in [-0.39, 0.29) is 5.69 Å². The van der Waals surface area contributed by atoms with E-state index in [4.69, 9.17) is 11.6 Å². The van der Waals surface area contributed by atoms with Gasteiger partial charge in [0.2, 0.25) is 5.91 Å². The Hall–Kier alpha value is -2.03. The number of nitrogens with one attached hydrogen (secondary N) is 1. The van der Waals surface area contributed by atoms with Crippen molar-refractivity contribution in [3.63, 3.8) is 0 Å². The highest BCUT2D eigenvalue weighted by atomic mass is 35.5. The van der Waals surface area contributed by atoms with Gasteiger partial charge in [-0.25, -0.2) is 0 Å². The number of alkyl halides is 3. The first kappa shape index (κ1) is 20.3. The maximum absolute atomic E-state index is 12.9. The standard InChI is InChI=1S/C16H21ClF3N5O/c1-9-8-10(2)24(22-9)7-5-6-21-15(26)12(4)25-11(3)13(17)14(23-25)16(18,19)20/h8,12H,5-7H2,1-4H3,(H,21,26). The van der Waals surface area contributed by atoms with Gasteiger partial charge in [-0.1, -0.05) is 11.6 Å². The Bertz CT molecular complexity index is 797. The second kappa shape index (κ2) is 7.69. The van der Waals surface area contributed by atoms with Gasteiger partial charge in [0.1, 0.15) is 6.04 Å². The predicted octanol–water partition coefficient (Wildman–Crippen LogP) is 3.44. The molecule has 0 spiro atoms. The molecule has 0 saturated carbocycles. The quantitative estimate of drug-likeness (QED) is 0.767. The number of aromatic nitrogens is 4. The average Bonchev–Trinajstić information content (AvgIpc) is 3.02. The van der Waals surface area contributed by atoms with Crippen molar-refractivity contribution in [3.05, 3.63) is 33.9 Å². The number of amides is 1. The third-order valence-electron chi connectivity index (χ3n) is 4.04. The minimum Gasteiger partial charge on any atom is -0.354 e. The van der Waals surface area contributed by atoms with E-state index in [2.05, 4.69) is 15.5 Å². The number of rotatable bonds is 6. The van der Waals surface area contributed by atoms with Gasteiger partial charge in [0.25, 0.3) is 0 Å². The lowest BCUT2D eigenvalue weighted by Crippen LogP contribution is -2.33. The third kappa shape index (κ3) is 4.38. The van der Waals surface area contributed by atoms with Gasteiger partial charge in [-0.2, -0.15) is 23.4 Å². The van der Waals surface area contributed by atoms with Gasteiger partial charge in [0.15, 0.2) is 5.69 Å².